The molecule has 4 aromatic rings. The van der Waals surface area contributed by atoms with Crippen LogP contribution in [-0.4, -0.2) is 56.3 Å². The normalized spacial score (nSPS) is 20.9. The van der Waals surface area contributed by atoms with Gasteiger partial charge in [-0.3, -0.25) is 10.7 Å². The number of aromatic nitrogens is 4. The van der Waals surface area contributed by atoms with Gasteiger partial charge in [-0.15, -0.1) is 0 Å². The SMILES string of the molecule is Cc1cccc(-c2nc(C(=N)NC(=O)O)nc3nc(N4CCOC[C@H]4c4ccccc4)n(CC4CCC(C)CC4)c23)c1. The van der Waals surface area contributed by atoms with Crippen molar-refractivity contribution in [2.75, 3.05) is 24.7 Å². The van der Waals surface area contributed by atoms with Crippen molar-refractivity contribution in [2.45, 2.75) is 52.1 Å². The average molecular weight is 568 g/mol. The van der Waals surface area contributed by atoms with E-state index >= 15 is 0 Å². The predicted molar refractivity (Wildman–Crippen MR) is 162 cm³/mol. The molecule has 6 rings (SSSR count). The lowest BCUT2D eigenvalue weighted by Gasteiger charge is -2.37. The van der Waals surface area contributed by atoms with Gasteiger partial charge in [0.15, 0.2) is 17.3 Å². The number of benzene rings is 2. The van der Waals surface area contributed by atoms with Crippen LogP contribution in [-0.2, 0) is 11.3 Å². The summed E-state index contributed by atoms with van der Waals surface area (Å²) in [5.74, 6) is 1.64. The molecule has 0 bridgehead atoms. The third kappa shape index (κ3) is 5.72. The predicted octanol–water partition coefficient (Wildman–Crippen LogP) is 5.80. The van der Waals surface area contributed by atoms with Gasteiger partial charge < -0.3 is 19.3 Å². The zero-order valence-electron chi connectivity index (χ0n) is 24.1. The van der Waals surface area contributed by atoms with Gasteiger partial charge in [-0.25, -0.2) is 14.8 Å². The first-order valence-corrected chi connectivity index (χ1v) is 14.7. The molecule has 1 atom stereocenters. The Morgan fingerprint density at radius 1 is 1.07 bits per heavy atom. The molecule has 2 aromatic carbocycles. The Kier molecular flexibility index (Phi) is 7.88. The maximum absolute atomic E-state index is 11.4. The quantitative estimate of drug-likeness (QED) is 0.198. The van der Waals surface area contributed by atoms with Crippen molar-refractivity contribution in [3.63, 3.8) is 0 Å². The Bertz CT molecular complexity index is 1590. The minimum absolute atomic E-state index is 0.00863. The van der Waals surface area contributed by atoms with Crippen LogP contribution in [0.15, 0.2) is 54.6 Å². The summed E-state index contributed by atoms with van der Waals surface area (Å²) in [4.78, 5) is 28.3. The first-order chi connectivity index (χ1) is 20.4. The van der Waals surface area contributed by atoms with Crippen LogP contribution >= 0.6 is 0 Å². The number of amides is 1. The minimum atomic E-state index is -1.34. The molecule has 0 unspecified atom stereocenters. The Balaban J connectivity index is 1.56. The van der Waals surface area contributed by atoms with Gasteiger partial charge >= 0.3 is 6.09 Å². The van der Waals surface area contributed by atoms with Crippen molar-refractivity contribution >= 4 is 29.0 Å². The van der Waals surface area contributed by atoms with E-state index in [9.17, 15) is 9.90 Å². The van der Waals surface area contributed by atoms with Gasteiger partial charge in [0.05, 0.1) is 19.3 Å². The van der Waals surface area contributed by atoms with Gasteiger partial charge in [-0.05, 0) is 43.2 Å². The van der Waals surface area contributed by atoms with Crippen LogP contribution in [0.1, 0.15) is 55.6 Å². The first kappa shape index (κ1) is 27.8. The number of aryl methyl sites for hydroxylation is 1. The summed E-state index contributed by atoms with van der Waals surface area (Å²) >= 11 is 0. The number of rotatable bonds is 6. The van der Waals surface area contributed by atoms with Gasteiger partial charge in [0.25, 0.3) is 0 Å². The summed E-state index contributed by atoms with van der Waals surface area (Å²) < 4.78 is 8.24. The smallest absolute Gasteiger partial charge is 0.410 e. The number of nitrogens with one attached hydrogen (secondary N) is 2. The number of ether oxygens (including phenoxy) is 1. The summed E-state index contributed by atoms with van der Waals surface area (Å²) in [6.07, 6.45) is 3.38. The molecule has 10 nitrogen and oxygen atoms in total. The number of nitrogens with zero attached hydrogens (tertiary/aromatic N) is 5. The lowest BCUT2D eigenvalue weighted by molar-refractivity contribution is 0.0927. The number of anilines is 1. The molecule has 1 saturated heterocycles. The van der Waals surface area contributed by atoms with Gasteiger partial charge in [0.1, 0.15) is 11.2 Å². The molecule has 10 heteroatoms. The van der Waals surface area contributed by atoms with Crippen LogP contribution < -0.4 is 10.2 Å². The van der Waals surface area contributed by atoms with Gasteiger partial charge in [-0.1, -0.05) is 73.9 Å². The Hall–Kier alpha value is -4.31. The van der Waals surface area contributed by atoms with Crippen molar-refractivity contribution in [3.05, 3.63) is 71.5 Å². The van der Waals surface area contributed by atoms with Crippen molar-refractivity contribution in [2.24, 2.45) is 11.8 Å². The largest absolute Gasteiger partial charge is 0.465 e. The summed E-state index contributed by atoms with van der Waals surface area (Å²) in [5.41, 5.74) is 5.00. The fourth-order valence-corrected chi connectivity index (χ4v) is 6.25. The fraction of sp³-hybridized carbons (Fsp3) is 0.406. The Morgan fingerprint density at radius 2 is 1.86 bits per heavy atom. The van der Waals surface area contributed by atoms with E-state index in [1.165, 1.54) is 12.8 Å². The standard InChI is InChI=1S/C32H37N7O3/c1-20-11-13-22(14-12-20)18-39-27-26(24-10-6-7-21(2)17-24)34-30(28(33)35-32(40)41)36-29(27)37-31(39)38-15-16-42-19-25(38)23-8-4-3-5-9-23/h3-10,17,20,22,25H,11-16,18-19H2,1-2H3,(H2,33,35)(H,40,41)/t20?,22?,25-/m0/s1. The second-order valence-corrected chi connectivity index (χ2v) is 11.6. The van der Waals surface area contributed by atoms with E-state index in [1.54, 1.807) is 0 Å². The van der Waals surface area contributed by atoms with Crippen LogP contribution in [0, 0.1) is 24.2 Å². The highest BCUT2D eigenvalue weighted by Gasteiger charge is 2.32. The van der Waals surface area contributed by atoms with Crippen molar-refractivity contribution in [1.29, 1.82) is 5.41 Å². The third-order valence-electron chi connectivity index (χ3n) is 8.48. The van der Waals surface area contributed by atoms with Crippen LogP contribution in [0.3, 0.4) is 0 Å². The maximum Gasteiger partial charge on any atom is 0.410 e. The monoisotopic (exact) mass is 567 g/mol. The van der Waals surface area contributed by atoms with Crippen molar-refractivity contribution < 1.29 is 14.6 Å². The van der Waals surface area contributed by atoms with E-state index in [0.29, 0.717) is 37.0 Å². The number of amidine groups is 1. The van der Waals surface area contributed by atoms with E-state index in [4.69, 9.17) is 20.1 Å². The molecule has 2 aromatic heterocycles. The van der Waals surface area contributed by atoms with Crippen LogP contribution in [0.25, 0.3) is 22.4 Å². The summed E-state index contributed by atoms with van der Waals surface area (Å²) in [6, 6.07) is 18.4. The van der Waals surface area contributed by atoms with Gasteiger partial charge in [0, 0.05) is 18.7 Å². The number of carboxylic acid groups (broad SMARTS) is 1. The number of hydrogen-bond donors (Lipinski definition) is 3. The van der Waals surface area contributed by atoms with E-state index in [0.717, 1.165) is 53.5 Å². The molecule has 0 spiro atoms. The topological polar surface area (TPSA) is 129 Å². The molecule has 1 saturated carbocycles. The highest BCUT2D eigenvalue weighted by atomic mass is 16.5. The molecule has 2 aliphatic rings. The summed E-state index contributed by atoms with van der Waals surface area (Å²) in [5, 5.41) is 19.8. The number of fused-ring (bicyclic) bond motifs is 1. The molecule has 1 aliphatic carbocycles. The van der Waals surface area contributed by atoms with E-state index in [-0.39, 0.29) is 17.7 Å². The zero-order chi connectivity index (χ0) is 29.2. The number of imidazole rings is 1. The molecule has 1 aliphatic heterocycles. The van der Waals surface area contributed by atoms with Crippen molar-refractivity contribution in [3.8, 4) is 11.3 Å². The molecule has 3 N–H and O–H groups in total. The van der Waals surface area contributed by atoms with E-state index in [2.05, 4.69) is 44.9 Å². The average Bonchev–Trinajstić information content (AvgIpc) is 3.36. The third-order valence-corrected chi connectivity index (χ3v) is 8.48. The second kappa shape index (κ2) is 11.9. The number of morpholine rings is 1. The fourth-order valence-electron chi connectivity index (χ4n) is 6.25. The second-order valence-electron chi connectivity index (χ2n) is 11.6. The van der Waals surface area contributed by atoms with Crippen LogP contribution in [0.5, 0.6) is 0 Å². The molecule has 2 fully saturated rings. The maximum atomic E-state index is 11.4. The van der Waals surface area contributed by atoms with Crippen LogP contribution in [0.4, 0.5) is 10.7 Å². The molecule has 0 radical (unpaired) electrons. The van der Waals surface area contributed by atoms with Gasteiger partial charge in [0.2, 0.25) is 5.95 Å². The zero-order valence-corrected chi connectivity index (χ0v) is 24.1. The lowest BCUT2D eigenvalue weighted by atomic mass is 9.83. The molecule has 3 heterocycles. The highest BCUT2D eigenvalue weighted by Crippen LogP contribution is 2.38. The van der Waals surface area contributed by atoms with E-state index < -0.39 is 6.09 Å². The minimum Gasteiger partial charge on any atom is -0.465 e. The van der Waals surface area contributed by atoms with Crippen molar-refractivity contribution in [1.82, 2.24) is 24.8 Å². The van der Waals surface area contributed by atoms with E-state index in [1.807, 2.05) is 43.3 Å². The number of carbonyl (C=O) groups is 1. The molecular formula is C32H37N7O3. The lowest BCUT2D eigenvalue weighted by Crippen LogP contribution is -2.41. The van der Waals surface area contributed by atoms with Crippen LogP contribution in [0.2, 0.25) is 0 Å². The molecule has 1 amide bonds. The summed E-state index contributed by atoms with van der Waals surface area (Å²) in [6.45, 7) is 6.94. The first-order valence-electron chi connectivity index (χ1n) is 14.7. The molecule has 218 valence electrons. The molecular weight excluding hydrogens is 530 g/mol. The Morgan fingerprint density at radius 3 is 2.60 bits per heavy atom. The highest BCUT2D eigenvalue weighted by molar-refractivity contribution is 6.03. The molecule has 42 heavy (non-hydrogen) atoms. The Labute approximate surface area is 245 Å². The summed E-state index contributed by atoms with van der Waals surface area (Å²) in [7, 11) is 0. The van der Waals surface area contributed by atoms with Gasteiger partial charge in [-0.2, -0.15) is 4.98 Å². The number of hydrogen-bond acceptors (Lipinski definition) is 7.